The lowest BCUT2D eigenvalue weighted by molar-refractivity contribution is -0.148. The summed E-state index contributed by atoms with van der Waals surface area (Å²) < 4.78 is 11.6. The first kappa shape index (κ1) is 15.5. The normalized spacial score (nSPS) is 11.8. The number of carbonyl (C=O) groups is 1. The fourth-order valence-corrected chi connectivity index (χ4v) is 3.11. The zero-order chi connectivity index (χ0) is 13.7. The van der Waals surface area contributed by atoms with E-state index in [0.717, 1.165) is 0 Å². The highest BCUT2D eigenvalue weighted by Crippen LogP contribution is 2.37. The number of hydrogen-bond acceptors (Lipinski definition) is 3. The third-order valence-corrected chi connectivity index (χ3v) is 3.46. The van der Waals surface area contributed by atoms with Gasteiger partial charge in [0.25, 0.3) is 0 Å². The van der Waals surface area contributed by atoms with Gasteiger partial charge in [-0.1, -0.05) is 17.7 Å². The largest absolute Gasteiger partial charge is 0.476 e. The molecular weight excluding hydrogens is 387 g/mol. The Bertz CT molecular complexity index is 440. The first-order chi connectivity index (χ1) is 8.49. The van der Waals surface area contributed by atoms with E-state index >= 15 is 0 Å². The molecule has 98 valence electrons. The molecule has 0 aliphatic rings. The topological polar surface area (TPSA) is 35.5 Å². The van der Waals surface area contributed by atoms with Gasteiger partial charge in [-0.15, -0.1) is 6.58 Å². The van der Waals surface area contributed by atoms with Gasteiger partial charge < -0.3 is 9.47 Å². The van der Waals surface area contributed by atoms with Gasteiger partial charge in [-0.05, 0) is 44.0 Å². The third-order valence-electron chi connectivity index (χ3n) is 2.07. The molecule has 1 aromatic rings. The highest BCUT2D eigenvalue weighted by Gasteiger charge is 2.22. The molecule has 6 heteroatoms. The first-order valence-electron chi connectivity index (χ1n) is 4.99. The SMILES string of the molecule is C=CC[C@@H](Oc1c(Br)cc(Cl)cc1Br)C(=O)OC. The van der Waals surface area contributed by atoms with Gasteiger partial charge in [-0.2, -0.15) is 0 Å². The number of carbonyl (C=O) groups excluding carboxylic acids is 1. The van der Waals surface area contributed by atoms with Gasteiger partial charge in [0.05, 0.1) is 16.1 Å². The molecule has 0 spiro atoms. The average Bonchev–Trinajstić information content (AvgIpc) is 2.31. The van der Waals surface area contributed by atoms with Crippen LogP contribution in [0.5, 0.6) is 5.75 Å². The van der Waals surface area contributed by atoms with Gasteiger partial charge in [0.1, 0.15) is 5.75 Å². The molecule has 0 unspecified atom stereocenters. The van der Waals surface area contributed by atoms with Crippen LogP contribution in [0, 0.1) is 0 Å². The molecule has 0 amide bonds. The van der Waals surface area contributed by atoms with Crippen LogP contribution in [-0.2, 0) is 9.53 Å². The maximum Gasteiger partial charge on any atom is 0.347 e. The van der Waals surface area contributed by atoms with Crippen molar-refractivity contribution in [1.82, 2.24) is 0 Å². The number of ether oxygens (including phenoxy) is 2. The molecule has 1 aromatic carbocycles. The lowest BCUT2D eigenvalue weighted by Gasteiger charge is -2.17. The van der Waals surface area contributed by atoms with E-state index in [-0.39, 0.29) is 0 Å². The molecule has 0 saturated heterocycles. The minimum absolute atomic E-state index is 0.355. The van der Waals surface area contributed by atoms with Crippen LogP contribution in [0.3, 0.4) is 0 Å². The van der Waals surface area contributed by atoms with Crippen molar-refractivity contribution in [3.05, 3.63) is 38.8 Å². The maximum atomic E-state index is 11.5. The van der Waals surface area contributed by atoms with E-state index in [1.165, 1.54) is 7.11 Å². The van der Waals surface area contributed by atoms with Crippen molar-refractivity contribution >= 4 is 49.4 Å². The zero-order valence-corrected chi connectivity index (χ0v) is 13.5. The minimum atomic E-state index is -0.735. The Morgan fingerprint density at radius 2 is 2.06 bits per heavy atom. The standard InChI is InChI=1S/C12H11Br2ClO3/c1-3-4-10(12(16)17-2)18-11-8(13)5-7(15)6-9(11)14/h3,5-6,10H,1,4H2,2H3/t10-/m1/s1. The average molecular weight is 398 g/mol. The Hall–Kier alpha value is -0.520. The summed E-state index contributed by atoms with van der Waals surface area (Å²) in [5, 5.41) is 0.555. The molecule has 0 heterocycles. The monoisotopic (exact) mass is 396 g/mol. The van der Waals surface area contributed by atoms with Crippen molar-refractivity contribution < 1.29 is 14.3 Å². The quantitative estimate of drug-likeness (QED) is 0.546. The molecule has 0 bridgehead atoms. The summed E-state index contributed by atoms with van der Waals surface area (Å²) in [6.45, 7) is 3.59. The molecule has 18 heavy (non-hydrogen) atoms. The summed E-state index contributed by atoms with van der Waals surface area (Å²) in [4.78, 5) is 11.5. The molecule has 0 aliphatic carbocycles. The summed E-state index contributed by atoms with van der Waals surface area (Å²) in [6.07, 6.45) is 1.22. The molecule has 0 N–H and O–H groups in total. The Balaban J connectivity index is 3.00. The highest BCUT2D eigenvalue weighted by molar-refractivity contribution is 9.11. The Morgan fingerprint density at radius 3 is 2.50 bits per heavy atom. The number of rotatable bonds is 5. The van der Waals surface area contributed by atoms with E-state index in [2.05, 4.69) is 43.2 Å². The van der Waals surface area contributed by atoms with Crippen molar-refractivity contribution in [3.63, 3.8) is 0 Å². The van der Waals surface area contributed by atoms with Crippen molar-refractivity contribution in [2.75, 3.05) is 7.11 Å². The summed E-state index contributed by atoms with van der Waals surface area (Å²) >= 11 is 12.5. The number of halogens is 3. The van der Waals surface area contributed by atoms with Crippen LogP contribution >= 0.6 is 43.5 Å². The second-order valence-corrected chi connectivity index (χ2v) is 5.50. The van der Waals surface area contributed by atoms with Crippen LogP contribution in [0.4, 0.5) is 0 Å². The van der Waals surface area contributed by atoms with Gasteiger partial charge in [-0.3, -0.25) is 0 Å². The van der Waals surface area contributed by atoms with Crippen LogP contribution in [0.15, 0.2) is 33.7 Å². The summed E-state index contributed by atoms with van der Waals surface area (Å²) in [7, 11) is 1.31. The predicted molar refractivity (Wildman–Crippen MR) is 78.1 cm³/mol. The predicted octanol–water partition coefficient (Wildman–Crippen LogP) is 4.36. The van der Waals surface area contributed by atoms with E-state index in [1.54, 1.807) is 18.2 Å². The van der Waals surface area contributed by atoms with Gasteiger partial charge >= 0.3 is 5.97 Å². The van der Waals surface area contributed by atoms with Crippen molar-refractivity contribution in [2.45, 2.75) is 12.5 Å². The van der Waals surface area contributed by atoms with Gasteiger partial charge in [-0.25, -0.2) is 4.79 Å². The number of methoxy groups -OCH3 is 1. The Morgan fingerprint density at radius 1 is 1.50 bits per heavy atom. The third kappa shape index (κ3) is 4.00. The molecule has 1 rings (SSSR count). The number of esters is 1. The first-order valence-corrected chi connectivity index (χ1v) is 6.96. The van der Waals surface area contributed by atoms with E-state index in [4.69, 9.17) is 16.3 Å². The zero-order valence-electron chi connectivity index (χ0n) is 9.58. The molecule has 0 aliphatic heterocycles. The fraction of sp³-hybridized carbons (Fsp3) is 0.250. The molecule has 0 aromatic heterocycles. The Labute approximate surface area is 127 Å². The van der Waals surface area contributed by atoms with E-state index in [1.807, 2.05) is 0 Å². The van der Waals surface area contributed by atoms with Crippen LogP contribution in [0.25, 0.3) is 0 Å². The molecule has 0 saturated carbocycles. The maximum absolute atomic E-state index is 11.5. The molecule has 0 radical (unpaired) electrons. The van der Waals surface area contributed by atoms with Gasteiger partial charge in [0.2, 0.25) is 0 Å². The van der Waals surface area contributed by atoms with E-state index < -0.39 is 12.1 Å². The lowest BCUT2D eigenvalue weighted by atomic mass is 10.2. The van der Waals surface area contributed by atoms with E-state index in [0.29, 0.717) is 26.1 Å². The molecule has 3 nitrogen and oxygen atoms in total. The van der Waals surface area contributed by atoms with Gasteiger partial charge in [0.15, 0.2) is 6.10 Å². The smallest absolute Gasteiger partial charge is 0.347 e. The summed E-state index contributed by atoms with van der Waals surface area (Å²) in [5.41, 5.74) is 0. The van der Waals surface area contributed by atoms with E-state index in [9.17, 15) is 4.79 Å². The second-order valence-electron chi connectivity index (χ2n) is 3.35. The second kappa shape index (κ2) is 7.16. The van der Waals surface area contributed by atoms with Crippen molar-refractivity contribution in [2.24, 2.45) is 0 Å². The summed E-state index contributed by atoms with van der Waals surface area (Å²) in [6, 6.07) is 3.37. The molecule has 0 fully saturated rings. The molecular formula is C12H11Br2ClO3. The minimum Gasteiger partial charge on any atom is -0.476 e. The van der Waals surface area contributed by atoms with Crippen molar-refractivity contribution in [3.8, 4) is 5.75 Å². The van der Waals surface area contributed by atoms with Crippen LogP contribution in [-0.4, -0.2) is 19.2 Å². The Kier molecular flexibility index (Phi) is 6.18. The van der Waals surface area contributed by atoms with Gasteiger partial charge in [0, 0.05) is 11.4 Å². The van der Waals surface area contributed by atoms with Crippen LogP contribution in [0.2, 0.25) is 5.02 Å². The molecule has 1 atom stereocenters. The fourth-order valence-electron chi connectivity index (χ4n) is 1.26. The van der Waals surface area contributed by atoms with Crippen LogP contribution < -0.4 is 4.74 Å². The summed E-state index contributed by atoms with van der Waals surface area (Å²) in [5.74, 6) is 0.0419. The number of benzene rings is 1. The van der Waals surface area contributed by atoms with Crippen LogP contribution in [0.1, 0.15) is 6.42 Å². The lowest BCUT2D eigenvalue weighted by Crippen LogP contribution is -2.28. The highest BCUT2D eigenvalue weighted by atomic mass is 79.9. The van der Waals surface area contributed by atoms with Crippen molar-refractivity contribution in [1.29, 1.82) is 0 Å². The number of hydrogen-bond donors (Lipinski definition) is 0.